The number of nitrogens with zero attached hydrogens (tertiary/aromatic N) is 6. The second kappa shape index (κ2) is 14.0. The maximum absolute atomic E-state index is 14.8. The van der Waals surface area contributed by atoms with Gasteiger partial charge in [-0.2, -0.15) is 15.2 Å². The Morgan fingerprint density at radius 2 is 1.88 bits per heavy atom. The zero-order valence-corrected chi connectivity index (χ0v) is 28.6. The lowest BCUT2D eigenvalue weighted by Crippen LogP contribution is -2.50. The predicted octanol–water partition coefficient (Wildman–Crippen LogP) is 6.47. The third-order valence-corrected chi connectivity index (χ3v) is 8.91. The number of ether oxygens (including phenoxy) is 3. The van der Waals surface area contributed by atoms with Gasteiger partial charge in [-0.15, -0.1) is 0 Å². The fourth-order valence-corrected chi connectivity index (χ4v) is 6.35. The average Bonchev–Trinajstić information content (AvgIpc) is 3.63. The van der Waals surface area contributed by atoms with Gasteiger partial charge in [-0.3, -0.25) is 4.90 Å². The molecule has 1 aromatic carbocycles. The van der Waals surface area contributed by atoms with Crippen LogP contribution in [0.4, 0.5) is 13.6 Å². The fraction of sp³-hybridized carbons (Fsp3) is 0.571. The molecule has 0 radical (unpaired) electrons. The first-order valence-corrected chi connectivity index (χ1v) is 16.3. The molecule has 5 rings (SSSR count). The summed E-state index contributed by atoms with van der Waals surface area (Å²) < 4.78 is 52.8. The summed E-state index contributed by atoms with van der Waals surface area (Å²) in [7, 11) is 1.86. The topological polar surface area (TPSA) is 127 Å². The zero-order valence-electron chi connectivity index (χ0n) is 28.6. The molecule has 0 bridgehead atoms. The maximum Gasteiger partial charge on any atom is 0.410 e. The lowest BCUT2D eigenvalue weighted by atomic mass is 9.81. The summed E-state index contributed by atoms with van der Waals surface area (Å²) in [5.74, 6) is 0.400. The van der Waals surface area contributed by atoms with E-state index in [0.717, 1.165) is 0 Å². The third kappa shape index (κ3) is 8.03. The smallest absolute Gasteiger partial charge is 0.410 e. The number of piperidine rings is 1. The highest BCUT2D eigenvalue weighted by Gasteiger charge is 2.37. The number of nitriles is 1. The number of amides is 1. The third-order valence-electron chi connectivity index (χ3n) is 8.91. The Kier molecular flexibility index (Phi) is 10.2. The van der Waals surface area contributed by atoms with Crippen molar-refractivity contribution >= 4 is 6.09 Å². The van der Waals surface area contributed by atoms with Crippen molar-refractivity contribution in [1.82, 2.24) is 24.9 Å². The molecule has 13 heteroatoms. The van der Waals surface area contributed by atoms with E-state index in [2.05, 4.69) is 21.2 Å². The molecule has 0 aliphatic carbocycles. The van der Waals surface area contributed by atoms with Crippen molar-refractivity contribution in [2.24, 2.45) is 0 Å². The molecule has 11 nitrogen and oxygen atoms in total. The Morgan fingerprint density at radius 3 is 2.54 bits per heavy atom. The van der Waals surface area contributed by atoms with Crippen LogP contribution >= 0.6 is 0 Å². The number of likely N-dealkylation sites (N-methyl/N-ethyl adjacent to an activating group) is 1. The van der Waals surface area contributed by atoms with Gasteiger partial charge in [0.05, 0.1) is 30.3 Å². The van der Waals surface area contributed by atoms with Crippen LogP contribution in [-0.2, 0) is 10.2 Å². The summed E-state index contributed by atoms with van der Waals surface area (Å²) in [6.45, 7) is 11.6. The summed E-state index contributed by atoms with van der Waals surface area (Å²) in [4.78, 5) is 25.6. The summed E-state index contributed by atoms with van der Waals surface area (Å²) in [6, 6.07) is 11.3. The fourth-order valence-electron chi connectivity index (χ4n) is 6.35. The Bertz CT molecular complexity index is 1640. The highest BCUT2D eigenvalue weighted by Crippen LogP contribution is 2.35. The molecule has 2 aliphatic rings. The minimum atomic E-state index is -0.941. The quantitative estimate of drug-likeness (QED) is 0.251. The van der Waals surface area contributed by atoms with E-state index in [9.17, 15) is 18.8 Å². The molecule has 0 unspecified atom stereocenters. The molecule has 1 amide bonds. The largest absolute Gasteiger partial charge is 0.474 e. The lowest BCUT2D eigenvalue weighted by molar-refractivity contribution is -0.00382. The number of aromatic nitrogens is 3. The van der Waals surface area contributed by atoms with E-state index < -0.39 is 35.4 Å². The van der Waals surface area contributed by atoms with Crippen molar-refractivity contribution < 1.29 is 32.3 Å². The van der Waals surface area contributed by atoms with E-state index in [-0.39, 0.29) is 47.7 Å². The Hall–Kier alpha value is -4.31. The molecule has 3 aromatic rings. The van der Waals surface area contributed by atoms with Crippen LogP contribution in [0.5, 0.6) is 11.8 Å². The van der Waals surface area contributed by atoms with Crippen molar-refractivity contribution in [3.63, 3.8) is 0 Å². The number of benzene rings is 1. The van der Waals surface area contributed by atoms with Crippen molar-refractivity contribution in [2.75, 3.05) is 20.1 Å². The van der Waals surface area contributed by atoms with Gasteiger partial charge in [0.2, 0.25) is 23.3 Å². The molecule has 5 atom stereocenters. The van der Waals surface area contributed by atoms with Gasteiger partial charge >= 0.3 is 6.09 Å². The van der Waals surface area contributed by atoms with Gasteiger partial charge in [0.15, 0.2) is 0 Å². The number of halogens is 2. The number of alkyl halides is 1. The number of likely N-dealkylation sites (tertiary alicyclic amines) is 2. The summed E-state index contributed by atoms with van der Waals surface area (Å²) in [6.07, 6.45) is -0.892. The van der Waals surface area contributed by atoms with Gasteiger partial charge in [-0.1, -0.05) is 23.4 Å². The number of hydrogen-bond donors (Lipinski definition) is 0. The number of carbonyl (C=O) groups excluding carboxylic acids is 1. The molecular formula is C35H44F2N6O5. The monoisotopic (exact) mass is 666 g/mol. The normalized spacial score (nSPS) is 22.6. The van der Waals surface area contributed by atoms with Crippen LogP contribution < -0.4 is 9.47 Å². The van der Waals surface area contributed by atoms with E-state index >= 15 is 0 Å². The zero-order chi connectivity index (χ0) is 34.8. The van der Waals surface area contributed by atoms with Crippen LogP contribution in [0, 0.1) is 17.1 Å². The summed E-state index contributed by atoms with van der Waals surface area (Å²) in [5, 5.41) is 13.8. The van der Waals surface area contributed by atoms with E-state index in [4.69, 9.17) is 18.7 Å². The van der Waals surface area contributed by atoms with Gasteiger partial charge in [-0.05, 0) is 66.6 Å². The van der Waals surface area contributed by atoms with Gasteiger partial charge in [0.1, 0.15) is 29.8 Å². The molecule has 0 spiro atoms. The van der Waals surface area contributed by atoms with Crippen molar-refractivity contribution in [3.05, 3.63) is 53.5 Å². The van der Waals surface area contributed by atoms with Gasteiger partial charge in [0, 0.05) is 43.5 Å². The molecule has 48 heavy (non-hydrogen) atoms. The van der Waals surface area contributed by atoms with Crippen molar-refractivity contribution in [2.45, 2.75) is 109 Å². The summed E-state index contributed by atoms with van der Waals surface area (Å²) >= 11 is 0. The predicted molar refractivity (Wildman–Crippen MR) is 173 cm³/mol. The Morgan fingerprint density at radius 1 is 1.15 bits per heavy atom. The van der Waals surface area contributed by atoms with Crippen LogP contribution in [0.2, 0.25) is 0 Å². The first-order chi connectivity index (χ1) is 22.6. The van der Waals surface area contributed by atoms with E-state index in [1.54, 1.807) is 56.0 Å². The molecule has 2 fully saturated rings. The lowest BCUT2D eigenvalue weighted by Gasteiger charge is -2.38. The van der Waals surface area contributed by atoms with Crippen LogP contribution in [0.3, 0.4) is 0 Å². The molecule has 0 N–H and O–H groups in total. The van der Waals surface area contributed by atoms with Gasteiger partial charge in [0.25, 0.3) is 0 Å². The van der Waals surface area contributed by atoms with Gasteiger partial charge < -0.3 is 23.6 Å². The molecule has 2 aromatic heterocycles. The summed E-state index contributed by atoms with van der Waals surface area (Å²) in [5.41, 5.74) is -0.570. The second-order valence-electron chi connectivity index (χ2n) is 14.2. The first-order valence-electron chi connectivity index (χ1n) is 16.3. The van der Waals surface area contributed by atoms with E-state index in [1.165, 1.54) is 6.07 Å². The van der Waals surface area contributed by atoms with Crippen molar-refractivity contribution in [3.8, 4) is 29.4 Å². The van der Waals surface area contributed by atoms with Crippen LogP contribution in [0.15, 0.2) is 40.9 Å². The average molecular weight is 667 g/mol. The molecule has 0 saturated carbocycles. The minimum absolute atomic E-state index is 0.114. The second-order valence-corrected chi connectivity index (χ2v) is 14.2. The SMILES string of the molecule is C[C@H](Oc1cc(O[C@H]2CCN(C(=O)OC(C)(C)C)[C@H](CC#N)C2)nc(-c2cc(C(C)(C)c3ccccc3F)no2)n1)[C@@H]1C[C@H](F)CN1C. The van der Waals surface area contributed by atoms with E-state index in [1.807, 2.05) is 32.7 Å². The minimum Gasteiger partial charge on any atom is -0.474 e. The number of rotatable bonds is 9. The molecule has 4 heterocycles. The molecule has 2 aliphatic heterocycles. The Balaban J connectivity index is 1.42. The highest BCUT2D eigenvalue weighted by molar-refractivity contribution is 5.68. The molecule has 258 valence electrons. The Labute approximate surface area is 280 Å². The van der Waals surface area contributed by atoms with Crippen LogP contribution in [0.25, 0.3) is 11.6 Å². The number of carbonyl (C=O) groups is 1. The van der Waals surface area contributed by atoms with E-state index in [0.29, 0.717) is 43.6 Å². The first kappa shape index (κ1) is 35.0. The van der Waals surface area contributed by atoms with Crippen LogP contribution in [0.1, 0.15) is 78.5 Å². The van der Waals surface area contributed by atoms with Crippen LogP contribution in [-0.4, -0.2) is 87.2 Å². The molecule has 2 saturated heterocycles. The highest BCUT2D eigenvalue weighted by atomic mass is 19.1. The number of hydrogen-bond acceptors (Lipinski definition) is 10. The maximum atomic E-state index is 14.8. The standard InChI is InChI=1S/C35H44F2N6O5/c1-21(27-16-22(36)20-42(27)7)45-30-19-31(46-24-13-15-43(23(17-24)12-14-38)33(44)47-34(2,3)4)40-32(39-30)28-18-29(41-48-28)35(5,6)25-10-8-9-11-26(25)37/h8-11,18-19,21-24,27H,12-13,15-17,20H2,1-7H3/t21-,22-,23+,24-,27-/m0/s1. The van der Waals surface area contributed by atoms with Crippen molar-refractivity contribution in [1.29, 1.82) is 5.26 Å². The van der Waals surface area contributed by atoms with Gasteiger partial charge in [-0.25, -0.2) is 13.6 Å². The molecular weight excluding hydrogens is 622 g/mol.